The van der Waals surface area contributed by atoms with E-state index in [0.717, 1.165) is 60.0 Å². The Balaban J connectivity index is 1.20. The Bertz CT molecular complexity index is 1210. The molecule has 1 amide bonds. The second-order valence-electron chi connectivity index (χ2n) is 8.57. The van der Waals surface area contributed by atoms with Crippen molar-refractivity contribution in [1.29, 1.82) is 0 Å². The van der Waals surface area contributed by atoms with E-state index in [1.54, 1.807) is 0 Å². The largest absolute Gasteiger partial charge is 0.436 e. The van der Waals surface area contributed by atoms with Gasteiger partial charge in [-0.1, -0.05) is 29.5 Å². The lowest BCUT2D eigenvalue weighted by Gasteiger charge is -2.15. The smallest absolute Gasteiger partial charge is 0.227 e. The zero-order valence-corrected chi connectivity index (χ0v) is 17.1. The molecular formula is C24H23N5O2. The molecular weight excluding hydrogens is 390 g/mol. The number of nitrogens with zero attached hydrogens (tertiary/aromatic N) is 4. The van der Waals surface area contributed by atoms with Crippen LogP contribution in [-0.4, -0.2) is 31.9 Å². The summed E-state index contributed by atoms with van der Waals surface area (Å²) in [5.41, 5.74) is 4.61. The van der Waals surface area contributed by atoms with Crippen molar-refractivity contribution in [2.75, 3.05) is 0 Å². The summed E-state index contributed by atoms with van der Waals surface area (Å²) in [4.78, 5) is 16.7. The van der Waals surface area contributed by atoms with Gasteiger partial charge in [-0.3, -0.25) is 4.79 Å². The van der Waals surface area contributed by atoms with E-state index in [2.05, 4.69) is 32.7 Å². The van der Waals surface area contributed by atoms with Gasteiger partial charge in [0.25, 0.3) is 0 Å². The van der Waals surface area contributed by atoms with Crippen LogP contribution in [0.3, 0.4) is 0 Å². The molecule has 0 spiro atoms. The average molecular weight is 413 g/mol. The fraction of sp³-hybridized carbons (Fsp3) is 0.333. The lowest BCUT2D eigenvalue weighted by Crippen LogP contribution is -2.34. The SMILES string of the molecule is O=C(N[C@H]1CCC(n2nncc2-c2ccc(-c3nc4ccccc4o3)cc2)C1)C1CC1. The maximum Gasteiger partial charge on any atom is 0.227 e. The molecule has 6 rings (SSSR count). The summed E-state index contributed by atoms with van der Waals surface area (Å²) in [5, 5.41) is 11.8. The molecule has 2 aliphatic rings. The number of rotatable bonds is 5. The van der Waals surface area contributed by atoms with Gasteiger partial charge in [-0.2, -0.15) is 0 Å². The number of amides is 1. The molecule has 1 N–H and O–H groups in total. The zero-order chi connectivity index (χ0) is 20.8. The number of hydrogen-bond donors (Lipinski definition) is 1. The first kappa shape index (κ1) is 18.3. The highest BCUT2D eigenvalue weighted by atomic mass is 16.3. The van der Waals surface area contributed by atoms with Gasteiger partial charge in [0, 0.05) is 23.1 Å². The summed E-state index contributed by atoms with van der Waals surface area (Å²) in [6.07, 6.45) is 6.76. The van der Waals surface area contributed by atoms with Crippen LogP contribution in [0.15, 0.2) is 59.1 Å². The van der Waals surface area contributed by atoms with Crippen LogP contribution in [-0.2, 0) is 4.79 Å². The lowest BCUT2D eigenvalue weighted by atomic mass is 10.1. The Hall–Kier alpha value is -3.48. The van der Waals surface area contributed by atoms with Crippen molar-refractivity contribution < 1.29 is 9.21 Å². The predicted molar refractivity (Wildman–Crippen MR) is 116 cm³/mol. The van der Waals surface area contributed by atoms with Crippen LogP contribution in [0, 0.1) is 5.92 Å². The van der Waals surface area contributed by atoms with Gasteiger partial charge in [0.15, 0.2) is 5.58 Å². The molecule has 2 atom stereocenters. The second-order valence-corrected chi connectivity index (χ2v) is 8.57. The van der Waals surface area contributed by atoms with E-state index in [1.807, 2.05) is 47.3 Å². The first-order valence-electron chi connectivity index (χ1n) is 10.9. The quantitative estimate of drug-likeness (QED) is 0.525. The van der Waals surface area contributed by atoms with Gasteiger partial charge in [0.1, 0.15) is 5.52 Å². The second kappa shape index (κ2) is 7.34. The monoisotopic (exact) mass is 413 g/mol. The van der Waals surface area contributed by atoms with Crippen molar-refractivity contribution in [2.45, 2.75) is 44.2 Å². The minimum atomic E-state index is 0.222. The number of carbonyl (C=O) groups is 1. The molecule has 2 aromatic carbocycles. The third kappa shape index (κ3) is 3.50. The molecule has 0 aliphatic heterocycles. The molecule has 1 unspecified atom stereocenters. The average Bonchev–Trinajstić information content (AvgIpc) is 3.18. The maximum atomic E-state index is 12.1. The predicted octanol–water partition coefficient (Wildman–Crippen LogP) is 4.37. The Labute approximate surface area is 179 Å². The third-order valence-electron chi connectivity index (χ3n) is 6.34. The van der Waals surface area contributed by atoms with Crippen LogP contribution >= 0.6 is 0 Å². The van der Waals surface area contributed by atoms with Crippen molar-refractivity contribution in [3.8, 4) is 22.7 Å². The van der Waals surface area contributed by atoms with Gasteiger partial charge in [0.05, 0.1) is 17.9 Å². The van der Waals surface area contributed by atoms with Crippen molar-refractivity contribution in [2.24, 2.45) is 5.92 Å². The van der Waals surface area contributed by atoms with Crippen LogP contribution < -0.4 is 5.32 Å². The van der Waals surface area contributed by atoms with E-state index in [1.165, 1.54) is 0 Å². The molecule has 31 heavy (non-hydrogen) atoms. The van der Waals surface area contributed by atoms with Gasteiger partial charge in [0.2, 0.25) is 11.8 Å². The van der Waals surface area contributed by atoms with Crippen molar-refractivity contribution in [3.05, 3.63) is 54.7 Å². The van der Waals surface area contributed by atoms with Crippen molar-refractivity contribution in [1.82, 2.24) is 25.3 Å². The number of benzene rings is 2. The fourth-order valence-electron chi connectivity index (χ4n) is 4.47. The Kier molecular flexibility index (Phi) is 4.33. The van der Waals surface area contributed by atoms with Crippen molar-refractivity contribution in [3.63, 3.8) is 0 Å². The van der Waals surface area contributed by atoms with E-state index in [-0.39, 0.29) is 23.9 Å². The first-order valence-corrected chi connectivity index (χ1v) is 10.9. The number of fused-ring (bicyclic) bond motifs is 1. The molecule has 7 nitrogen and oxygen atoms in total. The Morgan fingerprint density at radius 1 is 1.00 bits per heavy atom. The zero-order valence-electron chi connectivity index (χ0n) is 17.1. The molecule has 0 saturated heterocycles. The summed E-state index contributed by atoms with van der Waals surface area (Å²) >= 11 is 0. The van der Waals surface area contributed by atoms with E-state index in [0.29, 0.717) is 5.89 Å². The topological polar surface area (TPSA) is 85.8 Å². The number of carbonyl (C=O) groups excluding carboxylic acids is 1. The number of oxazole rings is 1. The summed E-state index contributed by atoms with van der Waals surface area (Å²) in [5.74, 6) is 1.09. The molecule has 2 heterocycles. The van der Waals surface area contributed by atoms with Crippen LogP contribution in [0.1, 0.15) is 38.1 Å². The van der Waals surface area contributed by atoms with Crippen LogP contribution in [0.25, 0.3) is 33.8 Å². The molecule has 2 fully saturated rings. The molecule has 156 valence electrons. The normalized spacial score (nSPS) is 20.9. The summed E-state index contributed by atoms with van der Waals surface area (Å²) < 4.78 is 7.89. The highest BCUT2D eigenvalue weighted by Gasteiger charge is 2.34. The Morgan fingerprint density at radius 3 is 2.61 bits per heavy atom. The molecule has 4 aromatic rings. The number of hydrogen-bond acceptors (Lipinski definition) is 5. The number of para-hydroxylation sites is 2. The third-order valence-corrected chi connectivity index (χ3v) is 6.34. The van der Waals surface area contributed by atoms with Crippen LogP contribution in [0.5, 0.6) is 0 Å². The summed E-state index contributed by atoms with van der Waals surface area (Å²) in [6.45, 7) is 0. The van der Waals surface area contributed by atoms with E-state index < -0.39 is 0 Å². The van der Waals surface area contributed by atoms with Crippen molar-refractivity contribution >= 4 is 17.0 Å². The van der Waals surface area contributed by atoms with Gasteiger partial charge in [-0.25, -0.2) is 9.67 Å². The molecule has 2 saturated carbocycles. The molecule has 0 radical (unpaired) electrons. The number of nitrogens with one attached hydrogen (secondary N) is 1. The highest BCUT2D eigenvalue weighted by Crippen LogP contribution is 2.35. The van der Waals surface area contributed by atoms with Gasteiger partial charge < -0.3 is 9.73 Å². The lowest BCUT2D eigenvalue weighted by molar-refractivity contribution is -0.122. The minimum Gasteiger partial charge on any atom is -0.436 e. The highest BCUT2D eigenvalue weighted by molar-refractivity contribution is 5.81. The maximum absolute atomic E-state index is 12.1. The molecule has 2 aliphatic carbocycles. The molecule has 7 heteroatoms. The minimum absolute atomic E-state index is 0.222. The standard InChI is InChI=1S/C24H23N5O2/c30-23(16-7-8-16)26-18-11-12-19(13-18)29-21(14-25-28-29)15-5-9-17(10-6-15)24-27-20-3-1-2-4-22(20)31-24/h1-6,9-10,14,16,18-19H,7-8,11-13H2,(H,26,30)/t18-,19?/m0/s1. The summed E-state index contributed by atoms with van der Waals surface area (Å²) in [6, 6.07) is 16.4. The van der Waals surface area contributed by atoms with Crippen LogP contribution in [0.4, 0.5) is 0 Å². The van der Waals surface area contributed by atoms with Gasteiger partial charge >= 0.3 is 0 Å². The van der Waals surface area contributed by atoms with Gasteiger partial charge in [-0.05, 0) is 56.4 Å². The first-order chi connectivity index (χ1) is 15.2. The Morgan fingerprint density at radius 2 is 1.81 bits per heavy atom. The van der Waals surface area contributed by atoms with Gasteiger partial charge in [-0.15, -0.1) is 5.10 Å². The molecule has 2 aromatic heterocycles. The van der Waals surface area contributed by atoms with E-state index in [9.17, 15) is 4.79 Å². The fourth-order valence-corrected chi connectivity index (χ4v) is 4.47. The summed E-state index contributed by atoms with van der Waals surface area (Å²) in [7, 11) is 0. The molecule has 0 bridgehead atoms. The number of aromatic nitrogens is 4. The van der Waals surface area contributed by atoms with E-state index in [4.69, 9.17) is 4.42 Å². The van der Waals surface area contributed by atoms with E-state index >= 15 is 0 Å². The van der Waals surface area contributed by atoms with Crippen LogP contribution in [0.2, 0.25) is 0 Å².